The van der Waals surface area contributed by atoms with Crippen LogP contribution in [0.3, 0.4) is 0 Å². The molecule has 0 amide bonds. The summed E-state index contributed by atoms with van der Waals surface area (Å²) < 4.78 is 28.3. The minimum Gasteiger partial charge on any atom is -0.371 e. The monoisotopic (exact) mass is 279 g/mol. The lowest BCUT2D eigenvalue weighted by Gasteiger charge is -2.40. The zero-order valence-corrected chi connectivity index (χ0v) is 11.6. The molecular formula is C15H19O5+. The Balaban J connectivity index is 1.76. The first-order chi connectivity index (χ1) is 9.83. The summed E-state index contributed by atoms with van der Waals surface area (Å²) in [4.78, 5) is 0. The van der Waals surface area contributed by atoms with Crippen molar-refractivity contribution in [3.63, 3.8) is 0 Å². The van der Waals surface area contributed by atoms with E-state index >= 15 is 0 Å². The Morgan fingerprint density at radius 1 is 1.15 bits per heavy atom. The zero-order chi connectivity index (χ0) is 13.9. The molecule has 0 saturated carbocycles. The van der Waals surface area contributed by atoms with Gasteiger partial charge in [0.2, 0.25) is 0 Å². The molecule has 5 heteroatoms. The summed E-state index contributed by atoms with van der Waals surface area (Å²) in [5.41, 5.74) is 0.990. The van der Waals surface area contributed by atoms with Gasteiger partial charge in [-0.25, -0.2) is 0 Å². The van der Waals surface area contributed by atoms with Crippen molar-refractivity contribution in [3.8, 4) is 0 Å². The van der Waals surface area contributed by atoms with E-state index in [2.05, 4.69) is 0 Å². The van der Waals surface area contributed by atoms with Crippen molar-refractivity contribution in [3.05, 3.63) is 42.5 Å². The minimum absolute atomic E-state index is 0.161. The van der Waals surface area contributed by atoms with E-state index in [1.165, 1.54) is 0 Å². The lowest BCUT2D eigenvalue weighted by molar-refractivity contribution is -0.308. The van der Waals surface area contributed by atoms with Gasteiger partial charge in [-0.05, 0) is 0 Å². The van der Waals surface area contributed by atoms with Crippen molar-refractivity contribution in [2.45, 2.75) is 30.7 Å². The predicted octanol–water partition coefficient (Wildman–Crippen LogP) is 1.69. The van der Waals surface area contributed by atoms with Gasteiger partial charge in [0.05, 0.1) is 6.61 Å². The molecule has 0 radical (unpaired) electrons. The van der Waals surface area contributed by atoms with Crippen LogP contribution in [0.4, 0.5) is 0 Å². The van der Waals surface area contributed by atoms with Crippen LogP contribution in [-0.4, -0.2) is 45.2 Å². The van der Waals surface area contributed by atoms with Crippen molar-refractivity contribution in [2.24, 2.45) is 0 Å². The molecule has 0 N–H and O–H groups in total. The van der Waals surface area contributed by atoms with Crippen LogP contribution in [0.1, 0.15) is 11.9 Å². The first kappa shape index (κ1) is 13.9. The molecular weight excluding hydrogens is 260 g/mol. The van der Waals surface area contributed by atoms with Crippen LogP contribution in [0.5, 0.6) is 0 Å². The summed E-state index contributed by atoms with van der Waals surface area (Å²) in [7, 11) is 3.29. The predicted molar refractivity (Wildman–Crippen MR) is 70.8 cm³/mol. The van der Waals surface area contributed by atoms with Crippen LogP contribution in [0.15, 0.2) is 30.3 Å². The Hall–Kier alpha value is -1.11. The van der Waals surface area contributed by atoms with Gasteiger partial charge >= 0.3 is 0 Å². The molecule has 2 aliphatic rings. The van der Waals surface area contributed by atoms with E-state index in [4.69, 9.17) is 23.7 Å². The second-order valence-electron chi connectivity index (χ2n) is 4.89. The van der Waals surface area contributed by atoms with Crippen LogP contribution in [0, 0.1) is 6.61 Å². The number of hydrogen-bond donors (Lipinski definition) is 0. The molecule has 1 unspecified atom stereocenters. The number of hydrogen-bond acceptors (Lipinski definition) is 5. The highest BCUT2D eigenvalue weighted by Crippen LogP contribution is 2.34. The smallest absolute Gasteiger partial charge is 0.261 e. The summed E-state index contributed by atoms with van der Waals surface area (Å²) in [6.07, 6.45) is -1.21. The van der Waals surface area contributed by atoms with Gasteiger partial charge in [-0.15, -0.1) is 0 Å². The second kappa shape index (κ2) is 6.11. The third-order valence-electron chi connectivity index (χ3n) is 3.71. The molecule has 2 aliphatic heterocycles. The number of fused-ring (bicyclic) bond motifs is 1. The average molecular weight is 279 g/mol. The Morgan fingerprint density at radius 2 is 1.95 bits per heavy atom. The fourth-order valence-electron chi connectivity index (χ4n) is 2.64. The SMILES string of the molecule is CO[C@H]1[C@@H]2OC(c3ccccc3)OC[C@H]2O[CH+][C@@H]1OC. The summed E-state index contributed by atoms with van der Waals surface area (Å²) in [6, 6.07) is 9.86. The van der Waals surface area contributed by atoms with Gasteiger partial charge in [0, 0.05) is 19.8 Å². The van der Waals surface area contributed by atoms with Crippen LogP contribution >= 0.6 is 0 Å². The van der Waals surface area contributed by atoms with Crippen LogP contribution in [0.2, 0.25) is 0 Å². The van der Waals surface area contributed by atoms with Crippen LogP contribution in [-0.2, 0) is 23.7 Å². The largest absolute Gasteiger partial charge is 0.371 e. The van der Waals surface area contributed by atoms with Crippen molar-refractivity contribution >= 4 is 0 Å². The molecule has 20 heavy (non-hydrogen) atoms. The van der Waals surface area contributed by atoms with E-state index in [0.29, 0.717) is 6.61 Å². The zero-order valence-electron chi connectivity index (χ0n) is 11.6. The summed E-state index contributed by atoms with van der Waals surface area (Å²) in [5.74, 6) is 0. The maximum atomic E-state index is 6.04. The number of benzene rings is 1. The molecule has 0 aromatic heterocycles. The Kier molecular flexibility index (Phi) is 4.24. The van der Waals surface area contributed by atoms with Gasteiger partial charge in [0.25, 0.3) is 12.7 Å². The van der Waals surface area contributed by atoms with E-state index in [9.17, 15) is 0 Å². The van der Waals surface area contributed by atoms with Crippen molar-refractivity contribution in [1.29, 1.82) is 0 Å². The minimum atomic E-state index is -0.394. The van der Waals surface area contributed by atoms with E-state index in [1.54, 1.807) is 20.8 Å². The van der Waals surface area contributed by atoms with Gasteiger partial charge in [-0.2, -0.15) is 4.74 Å². The highest BCUT2D eigenvalue weighted by atomic mass is 16.7. The molecule has 108 valence electrons. The van der Waals surface area contributed by atoms with Crippen molar-refractivity contribution in [1.82, 2.24) is 0 Å². The first-order valence-electron chi connectivity index (χ1n) is 6.70. The summed E-state index contributed by atoms with van der Waals surface area (Å²) >= 11 is 0. The molecule has 5 atom stereocenters. The standard InChI is InChI=1S/C15H19O5/c1-16-11-8-18-12-9-19-15(10-6-4-3-5-7-10)20-14(12)13(11)17-2/h3-8,11-15H,9H2,1-2H3/q+1/t11-,12+,13+,14+,15?/m0/s1. The van der Waals surface area contributed by atoms with Gasteiger partial charge in [-0.1, -0.05) is 30.3 Å². The molecule has 1 aromatic rings. The van der Waals surface area contributed by atoms with Gasteiger partial charge < -0.3 is 18.9 Å². The normalized spacial score (nSPS) is 37.0. The highest BCUT2D eigenvalue weighted by Gasteiger charge is 2.51. The van der Waals surface area contributed by atoms with Crippen LogP contribution in [0.25, 0.3) is 0 Å². The first-order valence-corrected chi connectivity index (χ1v) is 6.70. The molecule has 2 fully saturated rings. The molecule has 1 aromatic carbocycles. The quantitative estimate of drug-likeness (QED) is 0.788. The topological polar surface area (TPSA) is 46.2 Å². The van der Waals surface area contributed by atoms with Gasteiger partial charge in [0.1, 0.15) is 6.10 Å². The molecule has 0 spiro atoms. The Bertz CT molecular complexity index is 424. The van der Waals surface area contributed by atoms with Gasteiger partial charge in [0.15, 0.2) is 18.5 Å². The summed E-state index contributed by atoms with van der Waals surface area (Å²) in [5, 5.41) is 0. The molecule has 2 heterocycles. The third kappa shape index (κ3) is 2.55. The molecule has 2 saturated heterocycles. The van der Waals surface area contributed by atoms with Crippen molar-refractivity contribution in [2.75, 3.05) is 20.8 Å². The second-order valence-corrected chi connectivity index (χ2v) is 4.89. The number of ether oxygens (including phenoxy) is 5. The fraction of sp³-hybridized carbons (Fsp3) is 0.533. The molecule has 3 rings (SSSR count). The molecule has 5 nitrogen and oxygen atoms in total. The van der Waals surface area contributed by atoms with E-state index < -0.39 is 6.29 Å². The average Bonchev–Trinajstić information content (AvgIpc) is 2.54. The lowest BCUT2D eigenvalue weighted by atomic mass is 9.98. The maximum absolute atomic E-state index is 6.04. The lowest BCUT2D eigenvalue weighted by Crippen LogP contribution is -2.57. The highest BCUT2D eigenvalue weighted by molar-refractivity contribution is 5.16. The molecule has 0 bridgehead atoms. The van der Waals surface area contributed by atoms with E-state index in [-0.39, 0.29) is 24.4 Å². The van der Waals surface area contributed by atoms with Crippen molar-refractivity contribution < 1.29 is 23.7 Å². The van der Waals surface area contributed by atoms with E-state index in [1.807, 2.05) is 30.3 Å². The Morgan fingerprint density at radius 3 is 2.65 bits per heavy atom. The summed E-state index contributed by atoms with van der Waals surface area (Å²) in [6.45, 7) is 2.13. The molecule has 0 aliphatic carbocycles. The van der Waals surface area contributed by atoms with Crippen LogP contribution < -0.4 is 0 Å². The van der Waals surface area contributed by atoms with Gasteiger partial charge in [-0.3, -0.25) is 0 Å². The Labute approximate surface area is 118 Å². The number of rotatable bonds is 3. The van der Waals surface area contributed by atoms with E-state index in [0.717, 1.165) is 5.56 Å². The number of methoxy groups -OCH3 is 2. The maximum Gasteiger partial charge on any atom is 0.261 e. The third-order valence-corrected chi connectivity index (χ3v) is 3.71. The fourth-order valence-corrected chi connectivity index (χ4v) is 2.64.